The quantitative estimate of drug-likeness (QED) is 0.893. The number of nitrogens with zero attached hydrogens (tertiary/aromatic N) is 2. The van der Waals surface area contributed by atoms with Gasteiger partial charge in [0.05, 0.1) is 11.7 Å². The minimum atomic E-state index is -0.0233. The van der Waals surface area contributed by atoms with Crippen LogP contribution in [0.4, 0.5) is 0 Å². The first-order chi connectivity index (χ1) is 9.15. The molecule has 0 fully saturated rings. The minimum Gasteiger partial charge on any atom is -0.322 e. The maximum Gasteiger partial charge on any atom is 0.0554 e. The molecule has 0 radical (unpaired) electrons. The Morgan fingerprint density at radius 2 is 1.89 bits per heavy atom. The lowest BCUT2D eigenvalue weighted by Crippen LogP contribution is -2.26. The molecule has 1 aromatic carbocycles. The molecule has 2 aromatic rings. The Kier molecular flexibility index (Phi) is 4.38. The van der Waals surface area contributed by atoms with E-state index in [-0.39, 0.29) is 6.04 Å². The second-order valence-electron chi connectivity index (χ2n) is 5.23. The Balaban J connectivity index is 2.36. The van der Waals surface area contributed by atoms with Gasteiger partial charge in [-0.25, -0.2) is 0 Å². The molecule has 3 unspecified atom stereocenters. The van der Waals surface area contributed by atoms with Crippen molar-refractivity contribution in [2.45, 2.75) is 32.2 Å². The van der Waals surface area contributed by atoms with Gasteiger partial charge in [-0.15, -0.1) is 0 Å². The van der Waals surface area contributed by atoms with Crippen LogP contribution in [0.1, 0.15) is 43.5 Å². The second-order valence-corrected chi connectivity index (χ2v) is 5.23. The highest BCUT2D eigenvalue weighted by Crippen LogP contribution is 2.36. The first-order valence-electron chi connectivity index (χ1n) is 6.93. The Hall–Kier alpha value is -1.61. The van der Waals surface area contributed by atoms with E-state index >= 15 is 0 Å². The standard InChI is InChI=1S/C16H23N3/c1-4-12(2)15(13-8-6-5-7-9-13)16(17)14-10-11-18-19(14)3/h5-12,15-16H,4,17H2,1-3H3. The summed E-state index contributed by atoms with van der Waals surface area (Å²) >= 11 is 0. The van der Waals surface area contributed by atoms with Gasteiger partial charge in [0.1, 0.15) is 0 Å². The Morgan fingerprint density at radius 1 is 1.21 bits per heavy atom. The summed E-state index contributed by atoms with van der Waals surface area (Å²) in [5.74, 6) is 0.855. The van der Waals surface area contributed by atoms with E-state index < -0.39 is 0 Å². The zero-order chi connectivity index (χ0) is 13.8. The molecule has 1 heterocycles. The molecule has 0 aliphatic carbocycles. The lowest BCUT2D eigenvalue weighted by atomic mass is 9.79. The van der Waals surface area contributed by atoms with E-state index in [1.54, 1.807) is 0 Å². The lowest BCUT2D eigenvalue weighted by molar-refractivity contribution is 0.376. The molecule has 3 heteroatoms. The molecule has 0 aliphatic heterocycles. The number of nitrogens with two attached hydrogens (primary N) is 1. The van der Waals surface area contributed by atoms with Crippen molar-refractivity contribution in [2.24, 2.45) is 18.7 Å². The molecule has 102 valence electrons. The predicted molar refractivity (Wildman–Crippen MR) is 78.8 cm³/mol. The number of hydrogen-bond donors (Lipinski definition) is 1. The number of aryl methyl sites for hydroxylation is 1. The first kappa shape index (κ1) is 13.8. The topological polar surface area (TPSA) is 43.8 Å². The molecule has 1 aromatic heterocycles. The highest BCUT2D eigenvalue weighted by Gasteiger charge is 2.27. The van der Waals surface area contributed by atoms with Gasteiger partial charge in [-0.2, -0.15) is 5.10 Å². The van der Waals surface area contributed by atoms with E-state index in [9.17, 15) is 0 Å². The monoisotopic (exact) mass is 257 g/mol. The number of aromatic nitrogens is 2. The molecular formula is C16H23N3. The molecule has 0 amide bonds. The summed E-state index contributed by atoms with van der Waals surface area (Å²) in [5.41, 5.74) is 8.93. The third-order valence-electron chi connectivity index (χ3n) is 4.03. The summed E-state index contributed by atoms with van der Waals surface area (Å²) in [5, 5.41) is 4.24. The van der Waals surface area contributed by atoms with E-state index in [4.69, 9.17) is 5.73 Å². The van der Waals surface area contributed by atoms with Gasteiger partial charge in [-0.1, -0.05) is 50.6 Å². The van der Waals surface area contributed by atoms with Crippen LogP contribution >= 0.6 is 0 Å². The van der Waals surface area contributed by atoms with Crippen molar-refractivity contribution >= 4 is 0 Å². The number of rotatable bonds is 5. The summed E-state index contributed by atoms with van der Waals surface area (Å²) in [6.07, 6.45) is 2.93. The molecule has 0 spiro atoms. The third kappa shape index (κ3) is 2.87. The van der Waals surface area contributed by atoms with E-state index in [0.29, 0.717) is 11.8 Å². The smallest absolute Gasteiger partial charge is 0.0554 e. The van der Waals surface area contributed by atoms with E-state index in [0.717, 1.165) is 12.1 Å². The average molecular weight is 257 g/mol. The maximum atomic E-state index is 6.53. The fraction of sp³-hybridized carbons (Fsp3) is 0.438. The van der Waals surface area contributed by atoms with Crippen LogP contribution in [-0.2, 0) is 7.05 Å². The zero-order valence-electron chi connectivity index (χ0n) is 12.0. The van der Waals surface area contributed by atoms with Crippen LogP contribution in [0.15, 0.2) is 42.6 Å². The third-order valence-corrected chi connectivity index (χ3v) is 4.03. The molecule has 0 aliphatic rings. The van der Waals surface area contributed by atoms with Gasteiger partial charge in [-0.05, 0) is 17.5 Å². The van der Waals surface area contributed by atoms with Crippen molar-refractivity contribution in [1.82, 2.24) is 9.78 Å². The van der Waals surface area contributed by atoms with Gasteiger partial charge in [0.25, 0.3) is 0 Å². The SMILES string of the molecule is CCC(C)C(c1ccccc1)C(N)c1ccnn1C. The molecular weight excluding hydrogens is 234 g/mol. The van der Waals surface area contributed by atoms with Crippen LogP contribution in [-0.4, -0.2) is 9.78 Å². The molecule has 3 atom stereocenters. The van der Waals surface area contributed by atoms with Crippen molar-refractivity contribution < 1.29 is 0 Å². The lowest BCUT2D eigenvalue weighted by Gasteiger charge is -2.29. The van der Waals surface area contributed by atoms with Crippen LogP contribution in [0.25, 0.3) is 0 Å². The molecule has 0 saturated heterocycles. The first-order valence-corrected chi connectivity index (χ1v) is 6.93. The van der Waals surface area contributed by atoms with Gasteiger partial charge >= 0.3 is 0 Å². The predicted octanol–water partition coefficient (Wildman–Crippen LogP) is 3.25. The van der Waals surface area contributed by atoms with Crippen molar-refractivity contribution in [3.8, 4) is 0 Å². The average Bonchev–Trinajstić information content (AvgIpc) is 2.86. The normalized spacial score (nSPS) is 16.0. The van der Waals surface area contributed by atoms with Crippen molar-refractivity contribution in [1.29, 1.82) is 0 Å². The highest BCUT2D eigenvalue weighted by atomic mass is 15.3. The van der Waals surface area contributed by atoms with E-state index in [1.165, 1.54) is 5.56 Å². The Labute approximate surface area is 115 Å². The second kappa shape index (κ2) is 6.02. The Bertz CT molecular complexity index is 504. The molecule has 0 saturated carbocycles. The van der Waals surface area contributed by atoms with Gasteiger partial charge in [-0.3, -0.25) is 4.68 Å². The fourth-order valence-corrected chi connectivity index (χ4v) is 2.71. The molecule has 19 heavy (non-hydrogen) atoms. The number of hydrogen-bond acceptors (Lipinski definition) is 2. The Morgan fingerprint density at radius 3 is 2.42 bits per heavy atom. The zero-order valence-corrected chi connectivity index (χ0v) is 12.0. The largest absolute Gasteiger partial charge is 0.322 e. The van der Waals surface area contributed by atoms with Gasteiger partial charge < -0.3 is 5.73 Å². The summed E-state index contributed by atoms with van der Waals surface area (Å²) in [4.78, 5) is 0. The molecule has 3 nitrogen and oxygen atoms in total. The summed E-state index contributed by atoms with van der Waals surface area (Å²) < 4.78 is 1.88. The minimum absolute atomic E-state index is 0.0233. The van der Waals surface area contributed by atoms with E-state index in [1.807, 2.05) is 30.1 Å². The van der Waals surface area contributed by atoms with Crippen LogP contribution in [0, 0.1) is 5.92 Å². The maximum absolute atomic E-state index is 6.53. The van der Waals surface area contributed by atoms with Crippen molar-refractivity contribution in [2.75, 3.05) is 0 Å². The highest BCUT2D eigenvalue weighted by molar-refractivity contribution is 5.25. The molecule has 2 rings (SSSR count). The van der Waals surface area contributed by atoms with Crippen molar-refractivity contribution in [3.63, 3.8) is 0 Å². The van der Waals surface area contributed by atoms with Gasteiger partial charge in [0.15, 0.2) is 0 Å². The molecule has 2 N–H and O–H groups in total. The van der Waals surface area contributed by atoms with Crippen LogP contribution in [0.5, 0.6) is 0 Å². The van der Waals surface area contributed by atoms with Gasteiger partial charge in [0.2, 0.25) is 0 Å². The summed E-state index contributed by atoms with van der Waals surface area (Å²) in [6.45, 7) is 4.49. The fourth-order valence-electron chi connectivity index (χ4n) is 2.71. The van der Waals surface area contributed by atoms with Crippen LogP contribution in [0.3, 0.4) is 0 Å². The van der Waals surface area contributed by atoms with Crippen molar-refractivity contribution in [3.05, 3.63) is 53.9 Å². The van der Waals surface area contributed by atoms with Crippen LogP contribution < -0.4 is 5.73 Å². The summed E-state index contributed by atoms with van der Waals surface area (Å²) in [6, 6.07) is 12.6. The van der Waals surface area contributed by atoms with Crippen LogP contribution in [0.2, 0.25) is 0 Å². The van der Waals surface area contributed by atoms with E-state index in [2.05, 4.69) is 43.2 Å². The molecule has 0 bridgehead atoms. The number of benzene rings is 1. The summed E-state index contributed by atoms with van der Waals surface area (Å²) in [7, 11) is 1.95. The van der Waals surface area contributed by atoms with Gasteiger partial charge in [0, 0.05) is 19.2 Å².